The van der Waals surface area contributed by atoms with E-state index < -0.39 is 0 Å². The summed E-state index contributed by atoms with van der Waals surface area (Å²) in [6.07, 6.45) is 2.25. The molecular weight excluding hydrogens is 274 g/mol. The van der Waals surface area contributed by atoms with Crippen molar-refractivity contribution in [1.29, 1.82) is 0 Å². The first-order valence-corrected chi connectivity index (χ1v) is 7.29. The molecule has 1 fully saturated rings. The van der Waals surface area contributed by atoms with Gasteiger partial charge in [0, 0.05) is 24.7 Å². The Labute approximate surface area is 125 Å². The van der Waals surface area contributed by atoms with Gasteiger partial charge in [0.25, 0.3) is 0 Å². The second kappa shape index (κ2) is 6.46. The molecule has 0 heterocycles. The molecule has 2 amide bonds. The number of urea groups is 1. The number of likely N-dealkylation sites (N-methyl/N-ethyl adjacent to an activating group) is 1. The maximum Gasteiger partial charge on any atom is 0.317 e. The molecule has 0 aromatic heterocycles. The Hall–Kier alpha value is -1.26. The summed E-state index contributed by atoms with van der Waals surface area (Å²) in [6, 6.07) is 8.35. The van der Waals surface area contributed by atoms with Crippen molar-refractivity contribution in [3.8, 4) is 0 Å². The minimum Gasteiger partial charge on any atom is -0.336 e. The molecule has 0 saturated heterocycles. The van der Waals surface area contributed by atoms with Crippen LogP contribution in [0.15, 0.2) is 24.3 Å². The van der Waals surface area contributed by atoms with Crippen molar-refractivity contribution in [3.05, 3.63) is 34.9 Å². The third-order valence-electron chi connectivity index (χ3n) is 3.74. The minimum absolute atomic E-state index is 0.00770. The molecule has 1 aromatic rings. The first-order chi connectivity index (χ1) is 9.49. The fourth-order valence-electron chi connectivity index (χ4n) is 2.22. The molecule has 0 aliphatic heterocycles. The molecule has 0 bridgehead atoms. The third-order valence-corrected chi connectivity index (χ3v) is 3.99. The minimum atomic E-state index is 0.00770. The number of halogens is 1. The quantitative estimate of drug-likeness (QED) is 0.906. The second-order valence-electron chi connectivity index (χ2n) is 5.56. The Bertz CT molecular complexity index is 457. The van der Waals surface area contributed by atoms with Gasteiger partial charge in [-0.05, 0) is 44.6 Å². The molecule has 0 radical (unpaired) electrons. The van der Waals surface area contributed by atoms with Crippen molar-refractivity contribution < 1.29 is 4.79 Å². The standard InChI is InChI=1S/C15H22ClN3O/c1-18(2)14(11-4-6-12(16)7-5-11)10-17-15(20)19(3)13-8-9-13/h4-7,13-14H,8-10H2,1-3H3,(H,17,20). The lowest BCUT2D eigenvalue weighted by Gasteiger charge is -2.26. The van der Waals surface area contributed by atoms with E-state index in [2.05, 4.69) is 10.2 Å². The van der Waals surface area contributed by atoms with Crippen LogP contribution in [0.25, 0.3) is 0 Å². The Morgan fingerprint density at radius 2 is 1.90 bits per heavy atom. The summed E-state index contributed by atoms with van der Waals surface area (Å²) in [5, 5.41) is 3.74. The Morgan fingerprint density at radius 3 is 2.40 bits per heavy atom. The molecule has 5 heteroatoms. The number of amides is 2. The van der Waals surface area contributed by atoms with E-state index >= 15 is 0 Å². The molecule has 1 aliphatic rings. The van der Waals surface area contributed by atoms with E-state index in [9.17, 15) is 4.79 Å². The molecule has 20 heavy (non-hydrogen) atoms. The highest BCUT2D eigenvalue weighted by molar-refractivity contribution is 6.30. The van der Waals surface area contributed by atoms with Crippen molar-refractivity contribution in [2.45, 2.75) is 24.9 Å². The maximum atomic E-state index is 12.0. The number of nitrogens with one attached hydrogen (secondary N) is 1. The van der Waals surface area contributed by atoms with Crippen LogP contribution in [0.3, 0.4) is 0 Å². The second-order valence-corrected chi connectivity index (χ2v) is 6.00. The lowest BCUT2D eigenvalue weighted by Crippen LogP contribution is -2.42. The maximum absolute atomic E-state index is 12.0. The normalized spacial score (nSPS) is 16.1. The van der Waals surface area contributed by atoms with Gasteiger partial charge in [0.05, 0.1) is 6.04 Å². The van der Waals surface area contributed by atoms with E-state index in [-0.39, 0.29) is 12.1 Å². The predicted octanol–water partition coefficient (Wildman–Crippen LogP) is 2.75. The lowest BCUT2D eigenvalue weighted by atomic mass is 10.1. The van der Waals surface area contributed by atoms with Gasteiger partial charge < -0.3 is 15.1 Å². The first-order valence-electron chi connectivity index (χ1n) is 6.91. The number of hydrogen-bond donors (Lipinski definition) is 1. The molecule has 1 saturated carbocycles. The van der Waals surface area contributed by atoms with E-state index in [4.69, 9.17) is 11.6 Å². The first kappa shape index (κ1) is 15.1. The number of carbonyl (C=O) groups excluding carboxylic acids is 1. The largest absolute Gasteiger partial charge is 0.336 e. The van der Waals surface area contributed by atoms with Crippen LogP contribution < -0.4 is 5.32 Å². The van der Waals surface area contributed by atoms with Gasteiger partial charge in [0.1, 0.15) is 0 Å². The smallest absolute Gasteiger partial charge is 0.317 e. The van der Waals surface area contributed by atoms with Crippen molar-refractivity contribution in [2.75, 3.05) is 27.7 Å². The fraction of sp³-hybridized carbons (Fsp3) is 0.533. The van der Waals surface area contributed by atoms with Gasteiger partial charge in [-0.1, -0.05) is 23.7 Å². The Balaban J connectivity index is 1.95. The van der Waals surface area contributed by atoms with Gasteiger partial charge in [0.2, 0.25) is 0 Å². The van der Waals surface area contributed by atoms with Crippen molar-refractivity contribution in [2.24, 2.45) is 0 Å². The van der Waals surface area contributed by atoms with Gasteiger partial charge in [-0.2, -0.15) is 0 Å². The van der Waals surface area contributed by atoms with Gasteiger partial charge in [-0.25, -0.2) is 4.79 Å². The lowest BCUT2D eigenvalue weighted by molar-refractivity contribution is 0.200. The van der Waals surface area contributed by atoms with Crippen LogP contribution >= 0.6 is 11.6 Å². The van der Waals surface area contributed by atoms with Crippen molar-refractivity contribution in [1.82, 2.24) is 15.1 Å². The van der Waals surface area contributed by atoms with Crippen LogP contribution in [0, 0.1) is 0 Å². The average Bonchev–Trinajstić information content (AvgIpc) is 3.24. The summed E-state index contributed by atoms with van der Waals surface area (Å²) < 4.78 is 0. The van der Waals surface area contributed by atoms with Gasteiger partial charge in [-0.15, -0.1) is 0 Å². The highest BCUT2D eigenvalue weighted by Crippen LogP contribution is 2.25. The van der Waals surface area contributed by atoms with E-state index in [0.29, 0.717) is 12.6 Å². The van der Waals surface area contributed by atoms with Gasteiger partial charge in [0.15, 0.2) is 0 Å². The number of benzene rings is 1. The van der Waals surface area contributed by atoms with Crippen LogP contribution in [0.4, 0.5) is 4.79 Å². The van der Waals surface area contributed by atoms with Crippen LogP contribution in [0.5, 0.6) is 0 Å². The summed E-state index contributed by atoms with van der Waals surface area (Å²) in [5.74, 6) is 0. The number of carbonyl (C=O) groups is 1. The number of hydrogen-bond acceptors (Lipinski definition) is 2. The number of rotatable bonds is 5. The summed E-state index contributed by atoms with van der Waals surface area (Å²) in [5.41, 5.74) is 1.15. The summed E-state index contributed by atoms with van der Waals surface area (Å²) in [4.78, 5) is 15.9. The van der Waals surface area contributed by atoms with Crippen molar-refractivity contribution >= 4 is 17.6 Å². The topological polar surface area (TPSA) is 35.6 Å². The van der Waals surface area contributed by atoms with Crippen molar-refractivity contribution in [3.63, 3.8) is 0 Å². The van der Waals surface area contributed by atoms with Crippen LogP contribution in [-0.2, 0) is 0 Å². The van der Waals surface area contributed by atoms with E-state index in [1.54, 1.807) is 4.90 Å². The Morgan fingerprint density at radius 1 is 1.30 bits per heavy atom. The van der Waals surface area contributed by atoms with E-state index in [1.165, 1.54) is 0 Å². The molecule has 1 aromatic carbocycles. The van der Waals surface area contributed by atoms with Crippen LogP contribution in [-0.4, -0.2) is 49.6 Å². The Kier molecular flexibility index (Phi) is 4.89. The molecular formula is C15H22ClN3O. The highest BCUT2D eigenvalue weighted by atomic mass is 35.5. The summed E-state index contributed by atoms with van der Waals surface area (Å²) in [7, 11) is 5.88. The molecule has 1 N–H and O–H groups in total. The molecule has 2 rings (SSSR count). The monoisotopic (exact) mass is 295 g/mol. The SMILES string of the molecule is CN(C)C(CNC(=O)N(C)C1CC1)c1ccc(Cl)cc1. The summed E-state index contributed by atoms with van der Waals surface area (Å²) in [6.45, 7) is 0.588. The molecule has 1 unspecified atom stereocenters. The van der Waals surface area contributed by atoms with E-state index in [1.807, 2.05) is 45.4 Å². The average molecular weight is 296 g/mol. The zero-order valence-corrected chi connectivity index (χ0v) is 13.0. The van der Waals surface area contributed by atoms with Gasteiger partial charge >= 0.3 is 6.03 Å². The predicted molar refractivity (Wildman–Crippen MR) is 82.1 cm³/mol. The summed E-state index contributed by atoms with van der Waals surface area (Å²) >= 11 is 5.92. The van der Waals surface area contributed by atoms with Crippen LogP contribution in [0.1, 0.15) is 24.4 Å². The molecule has 110 valence electrons. The van der Waals surface area contributed by atoms with E-state index in [0.717, 1.165) is 23.4 Å². The zero-order chi connectivity index (χ0) is 14.7. The van der Waals surface area contributed by atoms with Gasteiger partial charge in [-0.3, -0.25) is 0 Å². The number of nitrogens with zero attached hydrogens (tertiary/aromatic N) is 2. The molecule has 1 atom stereocenters. The van der Waals surface area contributed by atoms with Crippen LogP contribution in [0.2, 0.25) is 5.02 Å². The highest BCUT2D eigenvalue weighted by Gasteiger charge is 2.29. The molecule has 0 spiro atoms. The third kappa shape index (κ3) is 3.87. The zero-order valence-electron chi connectivity index (χ0n) is 12.3. The molecule has 4 nitrogen and oxygen atoms in total. The molecule has 1 aliphatic carbocycles. The fourth-order valence-corrected chi connectivity index (χ4v) is 2.35.